The Hall–Kier alpha value is -1.36. The number of methoxy groups -OCH3 is 1. The molecule has 103 valence electrons. The maximum Gasteiger partial charge on any atom is 0.189 e. The lowest BCUT2D eigenvalue weighted by molar-refractivity contribution is 0.154. The number of aromatic nitrogens is 3. The van der Waals surface area contributed by atoms with Crippen LogP contribution < -0.4 is 0 Å². The predicted octanol–water partition coefficient (Wildman–Crippen LogP) is 2.19. The van der Waals surface area contributed by atoms with Gasteiger partial charge in [-0.1, -0.05) is 18.7 Å². The zero-order chi connectivity index (χ0) is 14.7. The van der Waals surface area contributed by atoms with Gasteiger partial charge in [-0.05, 0) is 17.9 Å². The molecule has 2 heterocycles. The van der Waals surface area contributed by atoms with E-state index in [1.165, 1.54) is 11.8 Å². The average Bonchev–Trinajstić information content (AvgIpc) is 2.81. The first kappa shape index (κ1) is 15.0. The molecule has 7 heteroatoms. The van der Waals surface area contributed by atoms with E-state index in [-0.39, 0.29) is 11.6 Å². The number of fused-ring (bicyclic) bond motifs is 1. The molecule has 0 aliphatic heterocycles. The lowest BCUT2D eigenvalue weighted by Crippen LogP contribution is -2.20. The fraction of sp³-hybridized carbons (Fsp3) is 0.462. The largest absolute Gasteiger partial charge is 0.383 e. The zero-order valence-electron chi connectivity index (χ0n) is 11.6. The van der Waals surface area contributed by atoms with Crippen LogP contribution in [0.2, 0.25) is 5.54 Å². The topological polar surface area (TPSA) is 63.7 Å². The minimum Gasteiger partial charge on any atom is -0.383 e. The Morgan fingerprint density at radius 3 is 2.90 bits per heavy atom. The molecular formula is C13H15N4OSSi. The Morgan fingerprint density at radius 1 is 1.60 bits per heavy atom. The fourth-order valence-electron chi connectivity index (χ4n) is 2.13. The molecule has 0 N–H and O–H groups in total. The van der Waals surface area contributed by atoms with Gasteiger partial charge in [0.25, 0.3) is 0 Å². The van der Waals surface area contributed by atoms with Gasteiger partial charge in [-0.25, -0.2) is 9.97 Å². The van der Waals surface area contributed by atoms with Crippen LogP contribution in [-0.4, -0.2) is 44.7 Å². The summed E-state index contributed by atoms with van der Waals surface area (Å²) in [5.41, 5.74) is 1.48. The van der Waals surface area contributed by atoms with Crippen molar-refractivity contribution in [2.24, 2.45) is 0 Å². The van der Waals surface area contributed by atoms with Gasteiger partial charge in [0.15, 0.2) is 5.16 Å². The molecule has 0 bridgehead atoms. The molecule has 2 rings (SSSR count). The number of rotatable bonds is 5. The summed E-state index contributed by atoms with van der Waals surface area (Å²) in [4.78, 5) is 8.78. The van der Waals surface area contributed by atoms with E-state index < -0.39 is 0 Å². The van der Waals surface area contributed by atoms with Crippen LogP contribution in [0.4, 0.5) is 0 Å². The Morgan fingerprint density at radius 2 is 2.35 bits per heavy atom. The maximum atomic E-state index is 9.36. The summed E-state index contributed by atoms with van der Waals surface area (Å²) in [6.45, 7) is 2.53. The van der Waals surface area contributed by atoms with E-state index in [1.54, 1.807) is 13.3 Å². The van der Waals surface area contributed by atoms with Gasteiger partial charge in [-0.15, -0.1) is 0 Å². The van der Waals surface area contributed by atoms with Crippen molar-refractivity contribution in [3.8, 4) is 6.07 Å². The summed E-state index contributed by atoms with van der Waals surface area (Å²) in [7, 11) is 5.30. The predicted molar refractivity (Wildman–Crippen MR) is 80.1 cm³/mol. The van der Waals surface area contributed by atoms with Gasteiger partial charge in [0.2, 0.25) is 0 Å². The third-order valence-corrected chi connectivity index (χ3v) is 4.04. The van der Waals surface area contributed by atoms with E-state index in [1.807, 2.05) is 23.8 Å². The third-order valence-electron chi connectivity index (χ3n) is 3.10. The van der Waals surface area contributed by atoms with Gasteiger partial charge in [-0.3, -0.25) is 0 Å². The van der Waals surface area contributed by atoms with Crippen LogP contribution in [0.15, 0.2) is 17.4 Å². The van der Waals surface area contributed by atoms with Crippen molar-refractivity contribution in [3.05, 3.63) is 18.0 Å². The molecule has 2 aromatic rings. The molecule has 0 spiro atoms. The van der Waals surface area contributed by atoms with Crippen LogP contribution in [0, 0.1) is 11.3 Å². The lowest BCUT2D eigenvalue weighted by Gasteiger charge is -2.23. The van der Waals surface area contributed by atoms with Crippen LogP contribution in [0.1, 0.15) is 18.7 Å². The quantitative estimate of drug-likeness (QED) is 0.481. The average molecular weight is 303 g/mol. The van der Waals surface area contributed by atoms with Crippen molar-refractivity contribution in [2.45, 2.75) is 23.7 Å². The Balaban J connectivity index is 2.67. The molecule has 2 atom stereocenters. The molecule has 5 nitrogen and oxygen atoms in total. The highest BCUT2D eigenvalue weighted by atomic mass is 32.2. The molecule has 0 aliphatic carbocycles. The van der Waals surface area contributed by atoms with E-state index in [9.17, 15) is 5.26 Å². The van der Waals surface area contributed by atoms with Crippen molar-refractivity contribution in [2.75, 3.05) is 20.0 Å². The first-order valence-electron chi connectivity index (χ1n) is 6.14. The van der Waals surface area contributed by atoms with E-state index in [0.717, 1.165) is 11.0 Å². The van der Waals surface area contributed by atoms with Gasteiger partial charge >= 0.3 is 0 Å². The van der Waals surface area contributed by atoms with Crippen molar-refractivity contribution in [1.29, 1.82) is 5.26 Å². The van der Waals surface area contributed by atoms with E-state index in [4.69, 9.17) is 4.74 Å². The third kappa shape index (κ3) is 2.73. The molecule has 0 aromatic carbocycles. The monoisotopic (exact) mass is 303 g/mol. The SMILES string of the molecule is COCC([C@@H](C)[Si])n1c(C#N)cc2cnc(SC)nc21. The van der Waals surface area contributed by atoms with Crippen molar-refractivity contribution in [1.82, 2.24) is 14.5 Å². The highest BCUT2D eigenvalue weighted by molar-refractivity contribution is 7.98. The van der Waals surface area contributed by atoms with Crippen molar-refractivity contribution < 1.29 is 4.74 Å². The standard InChI is InChI=1S/C13H15N4OSSi/c1-8(20)11(7-18-2)17-10(5-14)4-9-6-15-13(19-3)16-12(9)17/h4,6,8,11H,7H2,1-3H3/t8-,11?/m1/s1. The second-order valence-electron chi connectivity index (χ2n) is 4.46. The number of hydrogen-bond donors (Lipinski definition) is 0. The molecule has 1 unspecified atom stereocenters. The lowest BCUT2D eigenvalue weighted by atomic mass is 10.2. The Kier molecular flexibility index (Phi) is 4.80. The molecule has 0 aliphatic rings. The maximum absolute atomic E-state index is 9.36. The van der Waals surface area contributed by atoms with E-state index >= 15 is 0 Å². The van der Waals surface area contributed by atoms with Gasteiger partial charge in [0.1, 0.15) is 17.4 Å². The zero-order valence-corrected chi connectivity index (χ0v) is 13.4. The second-order valence-corrected chi connectivity index (χ2v) is 6.14. The van der Waals surface area contributed by atoms with Gasteiger partial charge in [0.05, 0.1) is 12.6 Å². The molecule has 20 heavy (non-hydrogen) atoms. The van der Waals surface area contributed by atoms with Crippen molar-refractivity contribution in [3.63, 3.8) is 0 Å². The molecule has 0 amide bonds. The highest BCUT2D eigenvalue weighted by Gasteiger charge is 2.22. The summed E-state index contributed by atoms with van der Waals surface area (Å²) in [5, 5.41) is 10.9. The Labute approximate surface area is 125 Å². The summed E-state index contributed by atoms with van der Waals surface area (Å²) >= 11 is 1.48. The minimum absolute atomic E-state index is 0.00609. The van der Waals surface area contributed by atoms with Crippen LogP contribution in [0.25, 0.3) is 11.0 Å². The van der Waals surface area contributed by atoms with Crippen LogP contribution >= 0.6 is 11.8 Å². The highest BCUT2D eigenvalue weighted by Crippen LogP contribution is 2.29. The second kappa shape index (κ2) is 6.39. The number of nitriles is 1. The van der Waals surface area contributed by atoms with Crippen LogP contribution in [0.3, 0.4) is 0 Å². The molecule has 2 aromatic heterocycles. The number of thioether (sulfide) groups is 1. The first-order chi connectivity index (χ1) is 9.62. The molecule has 0 saturated carbocycles. The summed E-state index contributed by atoms with van der Waals surface area (Å²) in [5.74, 6) is 0. The summed E-state index contributed by atoms with van der Waals surface area (Å²) in [6.07, 6.45) is 3.69. The summed E-state index contributed by atoms with van der Waals surface area (Å²) in [6, 6.07) is 4.04. The molecule has 0 fully saturated rings. The summed E-state index contributed by atoms with van der Waals surface area (Å²) < 4.78 is 7.21. The molecule has 0 saturated heterocycles. The van der Waals surface area contributed by atoms with Crippen LogP contribution in [0.5, 0.6) is 0 Å². The van der Waals surface area contributed by atoms with E-state index in [2.05, 4.69) is 26.3 Å². The minimum atomic E-state index is -0.00609. The van der Waals surface area contributed by atoms with Gasteiger partial charge in [-0.2, -0.15) is 5.26 Å². The fourth-order valence-corrected chi connectivity index (χ4v) is 2.71. The number of hydrogen-bond acceptors (Lipinski definition) is 5. The normalized spacial score (nSPS) is 14.2. The number of ether oxygens (including phenoxy) is 1. The van der Waals surface area contributed by atoms with E-state index in [0.29, 0.717) is 17.5 Å². The van der Waals surface area contributed by atoms with Gasteiger partial charge in [0, 0.05) is 28.9 Å². The smallest absolute Gasteiger partial charge is 0.189 e. The van der Waals surface area contributed by atoms with Crippen molar-refractivity contribution >= 4 is 33.0 Å². The van der Waals surface area contributed by atoms with Crippen LogP contribution in [-0.2, 0) is 4.74 Å². The Bertz CT molecular complexity index is 650. The van der Waals surface area contributed by atoms with Gasteiger partial charge < -0.3 is 9.30 Å². The number of nitrogens with zero attached hydrogens (tertiary/aromatic N) is 4. The first-order valence-corrected chi connectivity index (χ1v) is 7.94. The molecular weight excluding hydrogens is 288 g/mol. The molecule has 3 radical (unpaired) electrons.